The zero-order valence-electron chi connectivity index (χ0n) is 16.9. The van der Waals surface area contributed by atoms with Crippen LogP contribution in [0.3, 0.4) is 0 Å². The highest BCUT2D eigenvalue weighted by Crippen LogP contribution is 2.36. The Kier molecular flexibility index (Phi) is 4.57. The lowest BCUT2D eigenvalue weighted by atomic mass is 9.95. The second-order valence-electron chi connectivity index (χ2n) is 7.91. The van der Waals surface area contributed by atoms with Crippen LogP contribution < -0.4 is 20.3 Å². The summed E-state index contributed by atoms with van der Waals surface area (Å²) in [4.78, 5) is 26.1. The monoisotopic (exact) mass is 424 g/mol. The molecule has 0 bridgehead atoms. The highest BCUT2D eigenvalue weighted by atomic mass is 19.1. The van der Waals surface area contributed by atoms with Crippen molar-refractivity contribution < 1.29 is 23.8 Å². The van der Waals surface area contributed by atoms with Crippen LogP contribution in [0.25, 0.3) is 10.9 Å². The number of aromatic hydroxyl groups is 1. The third kappa shape index (κ3) is 3.19. The number of carbonyl (C=O) groups is 1. The molecule has 160 valence electrons. The summed E-state index contributed by atoms with van der Waals surface area (Å²) in [5.41, 5.74) is 0.941. The molecule has 31 heavy (non-hydrogen) atoms. The number of halogens is 1. The lowest BCUT2D eigenvalue weighted by Gasteiger charge is -2.26. The molecule has 0 radical (unpaired) electrons. The molecule has 2 aliphatic rings. The van der Waals surface area contributed by atoms with E-state index in [2.05, 4.69) is 5.32 Å². The number of fused-ring (bicyclic) bond motifs is 1. The summed E-state index contributed by atoms with van der Waals surface area (Å²) in [6.45, 7) is 2.93. The standard InChI is InChI=1S/C23H21FN2O5/c1-12-2-4-14-9-15(24)10-16-20(14)26(12)23(29)19(21(16)27)22(28)25-11-13-3-5-17-18(8-13)31-7-6-30-17/h3,5,8-10,12,27H,2,4,6-7,11H2,1H3,(H,25,28). The first kappa shape index (κ1) is 19.4. The van der Waals surface area contributed by atoms with Gasteiger partial charge >= 0.3 is 0 Å². The highest BCUT2D eigenvalue weighted by Gasteiger charge is 2.28. The summed E-state index contributed by atoms with van der Waals surface area (Å²) in [5, 5.41) is 13.6. The molecule has 2 N–H and O–H groups in total. The van der Waals surface area contributed by atoms with Crippen molar-refractivity contribution in [3.8, 4) is 17.2 Å². The van der Waals surface area contributed by atoms with E-state index in [0.717, 1.165) is 5.56 Å². The van der Waals surface area contributed by atoms with Crippen molar-refractivity contribution in [1.82, 2.24) is 9.88 Å². The zero-order valence-corrected chi connectivity index (χ0v) is 16.9. The van der Waals surface area contributed by atoms with Crippen LogP contribution in [-0.2, 0) is 13.0 Å². The van der Waals surface area contributed by atoms with Gasteiger partial charge in [0.2, 0.25) is 0 Å². The van der Waals surface area contributed by atoms with Crippen LogP contribution in [0.4, 0.5) is 4.39 Å². The Morgan fingerprint density at radius 1 is 1.23 bits per heavy atom. The summed E-state index contributed by atoms with van der Waals surface area (Å²) in [6.07, 6.45) is 1.25. The number of hydrogen-bond donors (Lipinski definition) is 2. The van der Waals surface area contributed by atoms with Gasteiger partial charge in [-0.1, -0.05) is 6.07 Å². The normalized spacial score (nSPS) is 16.9. The summed E-state index contributed by atoms with van der Waals surface area (Å²) in [7, 11) is 0. The van der Waals surface area contributed by atoms with E-state index in [0.29, 0.717) is 48.6 Å². The minimum Gasteiger partial charge on any atom is -0.506 e. The van der Waals surface area contributed by atoms with Crippen LogP contribution in [0, 0.1) is 5.82 Å². The Morgan fingerprint density at radius 2 is 2.00 bits per heavy atom. The highest BCUT2D eigenvalue weighted by molar-refractivity contribution is 6.03. The summed E-state index contributed by atoms with van der Waals surface area (Å²) < 4.78 is 26.7. The number of hydrogen-bond acceptors (Lipinski definition) is 5. The number of benzene rings is 2. The van der Waals surface area contributed by atoms with Gasteiger partial charge in [0.05, 0.1) is 5.52 Å². The topological polar surface area (TPSA) is 89.8 Å². The predicted octanol–water partition coefficient (Wildman–Crippen LogP) is 3.05. The number of amides is 1. The fraction of sp³-hybridized carbons (Fsp3) is 0.304. The van der Waals surface area contributed by atoms with Gasteiger partial charge in [-0.2, -0.15) is 0 Å². The van der Waals surface area contributed by atoms with Crippen molar-refractivity contribution in [2.24, 2.45) is 0 Å². The second-order valence-corrected chi connectivity index (χ2v) is 7.91. The van der Waals surface area contributed by atoms with Crippen molar-refractivity contribution in [2.75, 3.05) is 13.2 Å². The van der Waals surface area contributed by atoms with Crippen molar-refractivity contribution in [3.63, 3.8) is 0 Å². The van der Waals surface area contributed by atoms with E-state index in [1.165, 1.54) is 16.7 Å². The number of rotatable bonds is 3. The van der Waals surface area contributed by atoms with Crippen LogP contribution in [0.15, 0.2) is 35.1 Å². The minimum atomic E-state index is -0.716. The van der Waals surface area contributed by atoms with Crippen LogP contribution >= 0.6 is 0 Å². The lowest BCUT2D eigenvalue weighted by molar-refractivity contribution is 0.0946. The average Bonchev–Trinajstić information content (AvgIpc) is 2.76. The first-order valence-corrected chi connectivity index (χ1v) is 10.2. The first-order chi connectivity index (χ1) is 14.9. The summed E-state index contributed by atoms with van der Waals surface area (Å²) in [5.74, 6) is -0.497. The summed E-state index contributed by atoms with van der Waals surface area (Å²) >= 11 is 0. The van der Waals surface area contributed by atoms with E-state index in [-0.39, 0.29) is 23.5 Å². The van der Waals surface area contributed by atoms with Gasteiger partial charge < -0.3 is 24.5 Å². The van der Waals surface area contributed by atoms with Crippen molar-refractivity contribution in [3.05, 3.63) is 63.2 Å². The number of aryl methyl sites for hydroxylation is 1. The van der Waals surface area contributed by atoms with E-state index in [9.17, 15) is 19.1 Å². The van der Waals surface area contributed by atoms with Gasteiger partial charge in [0.1, 0.15) is 30.3 Å². The number of nitrogens with one attached hydrogen (secondary N) is 1. The molecule has 5 rings (SSSR count). The molecular weight excluding hydrogens is 403 g/mol. The molecule has 1 atom stereocenters. The summed E-state index contributed by atoms with van der Waals surface area (Å²) in [6, 6.07) is 7.68. The van der Waals surface area contributed by atoms with E-state index in [4.69, 9.17) is 9.47 Å². The molecule has 3 heterocycles. The maximum Gasteiger partial charge on any atom is 0.267 e. The van der Waals surface area contributed by atoms with E-state index >= 15 is 0 Å². The molecule has 0 saturated heterocycles. The van der Waals surface area contributed by atoms with Gasteiger partial charge in [-0.25, -0.2) is 4.39 Å². The smallest absolute Gasteiger partial charge is 0.267 e. The maximum atomic E-state index is 14.1. The molecule has 0 aliphatic carbocycles. The van der Waals surface area contributed by atoms with E-state index in [1.54, 1.807) is 18.2 Å². The van der Waals surface area contributed by atoms with Crippen molar-refractivity contribution >= 4 is 16.8 Å². The lowest BCUT2D eigenvalue weighted by Crippen LogP contribution is -2.36. The second kappa shape index (κ2) is 7.30. The molecular formula is C23H21FN2O5. The van der Waals surface area contributed by atoms with Crippen molar-refractivity contribution in [1.29, 1.82) is 0 Å². The minimum absolute atomic E-state index is 0.121. The maximum absolute atomic E-state index is 14.1. The fourth-order valence-corrected chi connectivity index (χ4v) is 4.36. The van der Waals surface area contributed by atoms with Crippen LogP contribution in [0.2, 0.25) is 0 Å². The third-order valence-corrected chi connectivity index (χ3v) is 5.88. The Morgan fingerprint density at radius 3 is 2.81 bits per heavy atom. The Balaban J connectivity index is 1.51. The largest absolute Gasteiger partial charge is 0.506 e. The molecule has 2 aromatic carbocycles. The number of nitrogens with zero attached hydrogens (tertiary/aromatic N) is 1. The predicted molar refractivity (Wildman–Crippen MR) is 111 cm³/mol. The van der Waals surface area contributed by atoms with Gasteiger partial charge in [0.25, 0.3) is 11.5 Å². The zero-order chi connectivity index (χ0) is 21.7. The molecule has 0 fully saturated rings. The molecule has 3 aromatic rings. The number of pyridine rings is 1. The van der Waals surface area contributed by atoms with Gasteiger partial charge in [-0.05, 0) is 55.2 Å². The third-order valence-electron chi connectivity index (χ3n) is 5.88. The van der Waals surface area contributed by atoms with Gasteiger partial charge in [-0.15, -0.1) is 0 Å². The Bertz CT molecular complexity index is 1280. The van der Waals surface area contributed by atoms with Crippen LogP contribution in [0.5, 0.6) is 17.2 Å². The average molecular weight is 424 g/mol. The molecule has 7 nitrogen and oxygen atoms in total. The van der Waals surface area contributed by atoms with Gasteiger partial charge in [0.15, 0.2) is 11.5 Å². The Hall–Kier alpha value is -3.55. The van der Waals surface area contributed by atoms with Crippen LogP contribution in [-0.4, -0.2) is 28.8 Å². The molecule has 1 unspecified atom stereocenters. The molecule has 0 spiro atoms. The molecule has 2 aliphatic heterocycles. The molecule has 8 heteroatoms. The quantitative estimate of drug-likeness (QED) is 0.675. The number of carbonyl (C=O) groups excluding carboxylic acids is 1. The van der Waals surface area contributed by atoms with E-state index < -0.39 is 23.0 Å². The molecule has 1 amide bonds. The SMILES string of the molecule is CC1CCc2cc(F)cc3c(O)c(C(=O)NCc4ccc5c(c4)OCCO5)c(=O)n1c23. The first-order valence-electron chi connectivity index (χ1n) is 10.2. The van der Waals surface area contributed by atoms with Crippen LogP contribution in [0.1, 0.15) is 40.9 Å². The van der Waals surface area contributed by atoms with Gasteiger partial charge in [0, 0.05) is 18.0 Å². The molecule has 1 aromatic heterocycles. The van der Waals surface area contributed by atoms with Gasteiger partial charge in [-0.3, -0.25) is 9.59 Å². The fourth-order valence-electron chi connectivity index (χ4n) is 4.36. The van der Waals surface area contributed by atoms with E-state index in [1.807, 2.05) is 6.92 Å². The van der Waals surface area contributed by atoms with Crippen molar-refractivity contribution in [2.45, 2.75) is 32.4 Å². The Labute approximate surface area is 177 Å². The number of ether oxygens (including phenoxy) is 2. The number of aromatic nitrogens is 1. The molecule has 0 saturated carbocycles.